The molecule has 0 amide bonds. The minimum atomic E-state index is -3.34. The van der Waals surface area contributed by atoms with Gasteiger partial charge in [-0.1, -0.05) is 17.7 Å². The van der Waals surface area contributed by atoms with Crippen molar-refractivity contribution in [2.24, 2.45) is 0 Å². The molecule has 1 fully saturated rings. The van der Waals surface area contributed by atoms with Crippen LogP contribution in [-0.4, -0.2) is 31.2 Å². The van der Waals surface area contributed by atoms with Crippen LogP contribution in [0.4, 0.5) is 0 Å². The van der Waals surface area contributed by atoms with Crippen LogP contribution < -0.4 is 0 Å². The maximum atomic E-state index is 12.2. The molecule has 16 heavy (non-hydrogen) atoms. The zero-order valence-electron chi connectivity index (χ0n) is 9.06. The second kappa shape index (κ2) is 4.35. The van der Waals surface area contributed by atoms with Gasteiger partial charge in [0.25, 0.3) is 0 Å². The third-order valence-electron chi connectivity index (χ3n) is 2.75. The first-order valence-electron chi connectivity index (χ1n) is 5.21. The predicted octanol–water partition coefficient (Wildman–Crippen LogP) is 2.00. The van der Waals surface area contributed by atoms with Crippen molar-refractivity contribution in [1.29, 1.82) is 0 Å². The Morgan fingerprint density at radius 3 is 2.44 bits per heavy atom. The van der Waals surface area contributed by atoms with Crippen LogP contribution in [0.1, 0.15) is 12.0 Å². The Morgan fingerprint density at radius 2 is 1.94 bits per heavy atom. The zero-order valence-corrected chi connectivity index (χ0v) is 10.6. The summed E-state index contributed by atoms with van der Waals surface area (Å²) in [4.78, 5) is 0.351. The smallest absolute Gasteiger partial charge is 0.207 e. The first-order chi connectivity index (χ1) is 7.50. The number of hydrogen-bond donors (Lipinski definition) is 0. The SMILES string of the molecule is Cc1ccc(S(=O)(=O)N2CC[C@H](Cl)C2)cc1. The van der Waals surface area contributed by atoms with Gasteiger partial charge in [0.2, 0.25) is 10.0 Å². The molecule has 2 rings (SSSR count). The van der Waals surface area contributed by atoms with Gasteiger partial charge in [-0.05, 0) is 25.5 Å². The van der Waals surface area contributed by atoms with E-state index in [9.17, 15) is 8.42 Å². The Kier molecular flexibility index (Phi) is 3.24. The summed E-state index contributed by atoms with van der Waals surface area (Å²) in [6, 6.07) is 6.90. The van der Waals surface area contributed by atoms with E-state index in [2.05, 4.69) is 0 Å². The number of alkyl halides is 1. The van der Waals surface area contributed by atoms with Crippen LogP contribution in [0.3, 0.4) is 0 Å². The number of nitrogens with zero attached hydrogens (tertiary/aromatic N) is 1. The van der Waals surface area contributed by atoms with Gasteiger partial charge in [-0.2, -0.15) is 4.31 Å². The number of sulfonamides is 1. The summed E-state index contributed by atoms with van der Waals surface area (Å²) in [6.45, 7) is 2.86. The average Bonchev–Trinajstić information content (AvgIpc) is 2.66. The van der Waals surface area contributed by atoms with Gasteiger partial charge >= 0.3 is 0 Å². The number of aryl methyl sites for hydroxylation is 1. The molecule has 1 aliphatic rings. The Hall–Kier alpha value is -0.580. The van der Waals surface area contributed by atoms with E-state index in [4.69, 9.17) is 11.6 Å². The van der Waals surface area contributed by atoms with Crippen molar-refractivity contribution in [3.63, 3.8) is 0 Å². The molecule has 1 aromatic rings. The van der Waals surface area contributed by atoms with Crippen molar-refractivity contribution in [3.8, 4) is 0 Å². The number of halogens is 1. The normalized spacial score (nSPS) is 22.5. The molecule has 0 aromatic heterocycles. The molecule has 0 radical (unpaired) electrons. The van der Waals surface area contributed by atoms with E-state index in [0.717, 1.165) is 12.0 Å². The average molecular weight is 260 g/mol. The van der Waals surface area contributed by atoms with E-state index in [1.165, 1.54) is 4.31 Å². The van der Waals surface area contributed by atoms with Gasteiger partial charge in [-0.15, -0.1) is 11.6 Å². The highest BCUT2D eigenvalue weighted by molar-refractivity contribution is 7.89. The highest BCUT2D eigenvalue weighted by Gasteiger charge is 2.31. The van der Waals surface area contributed by atoms with Gasteiger partial charge in [-0.3, -0.25) is 0 Å². The zero-order chi connectivity index (χ0) is 11.8. The maximum Gasteiger partial charge on any atom is 0.243 e. The van der Waals surface area contributed by atoms with Gasteiger partial charge in [0.05, 0.1) is 4.90 Å². The molecule has 1 atom stereocenters. The molecule has 3 nitrogen and oxygen atoms in total. The van der Waals surface area contributed by atoms with Crippen LogP contribution in [0.15, 0.2) is 29.2 Å². The lowest BCUT2D eigenvalue weighted by Crippen LogP contribution is -2.28. The van der Waals surface area contributed by atoms with Gasteiger partial charge in [0.1, 0.15) is 0 Å². The fraction of sp³-hybridized carbons (Fsp3) is 0.455. The second-order valence-electron chi connectivity index (χ2n) is 4.06. The summed E-state index contributed by atoms with van der Waals surface area (Å²) >= 11 is 5.92. The quantitative estimate of drug-likeness (QED) is 0.762. The molecule has 0 spiro atoms. The Labute approximate surface area is 101 Å². The molecule has 1 saturated heterocycles. The lowest BCUT2D eigenvalue weighted by Gasteiger charge is -2.15. The van der Waals surface area contributed by atoms with Crippen molar-refractivity contribution in [2.75, 3.05) is 13.1 Å². The highest BCUT2D eigenvalue weighted by Crippen LogP contribution is 2.23. The molecular weight excluding hydrogens is 246 g/mol. The Bertz CT molecular complexity index is 469. The molecule has 1 heterocycles. The molecule has 0 saturated carbocycles. The molecule has 88 valence electrons. The minimum absolute atomic E-state index is 0.0553. The Morgan fingerprint density at radius 1 is 1.31 bits per heavy atom. The summed E-state index contributed by atoms with van der Waals surface area (Å²) in [5.74, 6) is 0. The highest BCUT2D eigenvalue weighted by atomic mass is 35.5. The Balaban J connectivity index is 2.29. The first-order valence-corrected chi connectivity index (χ1v) is 7.09. The minimum Gasteiger partial charge on any atom is -0.207 e. The van der Waals surface area contributed by atoms with Crippen LogP contribution in [0.25, 0.3) is 0 Å². The maximum absolute atomic E-state index is 12.2. The number of benzene rings is 1. The van der Waals surface area contributed by atoms with E-state index < -0.39 is 10.0 Å². The van der Waals surface area contributed by atoms with Crippen LogP contribution in [0.5, 0.6) is 0 Å². The molecule has 1 aromatic carbocycles. The standard InChI is InChI=1S/C11H14ClNO2S/c1-9-2-4-11(5-3-9)16(14,15)13-7-6-10(12)8-13/h2-5,10H,6-8H2,1H3/t10-/m0/s1. The summed E-state index contributed by atoms with van der Waals surface area (Å²) < 4.78 is 25.8. The van der Waals surface area contributed by atoms with E-state index >= 15 is 0 Å². The topological polar surface area (TPSA) is 37.4 Å². The number of hydrogen-bond acceptors (Lipinski definition) is 2. The van der Waals surface area contributed by atoms with Crippen molar-refractivity contribution in [3.05, 3.63) is 29.8 Å². The first kappa shape index (κ1) is 11.9. The summed E-state index contributed by atoms with van der Waals surface area (Å²) in [7, 11) is -3.34. The van der Waals surface area contributed by atoms with Crippen LogP contribution in [0, 0.1) is 6.92 Å². The number of rotatable bonds is 2. The van der Waals surface area contributed by atoms with Crippen molar-refractivity contribution >= 4 is 21.6 Å². The van der Waals surface area contributed by atoms with Crippen molar-refractivity contribution in [1.82, 2.24) is 4.31 Å². The van der Waals surface area contributed by atoms with Crippen LogP contribution in [-0.2, 0) is 10.0 Å². The van der Waals surface area contributed by atoms with E-state index in [1.807, 2.05) is 6.92 Å². The monoisotopic (exact) mass is 259 g/mol. The largest absolute Gasteiger partial charge is 0.243 e. The summed E-state index contributed by atoms with van der Waals surface area (Å²) in [5.41, 5.74) is 1.05. The van der Waals surface area contributed by atoms with Crippen molar-refractivity contribution in [2.45, 2.75) is 23.6 Å². The van der Waals surface area contributed by atoms with Gasteiger partial charge in [-0.25, -0.2) is 8.42 Å². The second-order valence-corrected chi connectivity index (χ2v) is 6.62. The molecule has 1 aliphatic heterocycles. The van der Waals surface area contributed by atoms with Gasteiger partial charge in [0, 0.05) is 18.5 Å². The lowest BCUT2D eigenvalue weighted by atomic mass is 10.2. The van der Waals surface area contributed by atoms with Crippen LogP contribution >= 0.6 is 11.6 Å². The van der Waals surface area contributed by atoms with E-state index in [1.54, 1.807) is 24.3 Å². The van der Waals surface area contributed by atoms with Crippen LogP contribution in [0.2, 0.25) is 0 Å². The summed E-state index contributed by atoms with van der Waals surface area (Å²) in [5, 5.41) is -0.0553. The van der Waals surface area contributed by atoms with Gasteiger partial charge in [0.15, 0.2) is 0 Å². The molecular formula is C11H14ClNO2S. The molecule has 0 unspecified atom stereocenters. The summed E-state index contributed by atoms with van der Waals surface area (Å²) in [6.07, 6.45) is 0.729. The third-order valence-corrected chi connectivity index (χ3v) is 4.99. The fourth-order valence-electron chi connectivity index (χ4n) is 1.77. The van der Waals surface area contributed by atoms with Crippen molar-refractivity contribution < 1.29 is 8.42 Å². The molecule has 0 aliphatic carbocycles. The fourth-order valence-corrected chi connectivity index (χ4v) is 3.61. The van der Waals surface area contributed by atoms with E-state index in [0.29, 0.717) is 18.0 Å². The molecule has 0 N–H and O–H groups in total. The molecule has 0 bridgehead atoms. The van der Waals surface area contributed by atoms with Gasteiger partial charge < -0.3 is 0 Å². The lowest BCUT2D eigenvalue weighted by molar-refractivity contribution is 0.478. The van der Waals surface area contributed by atoms with E-state index in [-0.39, 0.29) is 5.38 Å². The predicted molar refractivity (Wildman–Crippen MR) is 64.2 cm³/mol. The molecule has 5 heteroatoms. The third kappa shape index (κ3) is 2.24.